The molecule has 10 nitrogen and oxygen atoms in total. The van der Waals surface area contributed by atoms with Crippen molar-refractivity contribution in [3.8, 4) is 17.1 Å². The molecule has 0 atom stereocenters. The van der Waals surface area contributed by atoms with Gasteiger partial charge in [-0.25, -0.2) is 0 Å². The summed E-state index contributed by atoms with van der Waals surface area (Å²) in [6.07, 6.45) is 1.46. The molecule has 140 valence electrons. The molecular formula is C16H11Cl2N9O. The molecule has 1 N–H and O–H groups in total. The third-order valence-corrected chi connectivity index (χ3v) is 4.52. The zero-order valence-corrected chi connectivity index (χ0v) is 15.6. The van der Waals surface area contributed by atoms with Crippen LogP contribution >= 0.6 is 23.2 Å². The lowest BCUT2D eigenvalue weighted by Gasteiger charge is -2.07. The molecule has 4 aromatic rings. The van der Waals surface area contributed by atoms with Crippen LogP contribution in [0.1, 0.15) is 0 Å². The number of anilines is 1. The molecular weight excluding hydrogens is 405 g/mol. The second kappa shape index (κ2) is 7.71. The van der Waals surface area contributed by atoms with Crippen LogP contribution in [-0.4, -0.2) is 46.3 Å². The first kappa shape index (κ1) is 18.0. The number of aromatic nitrogens is 8. The van der Waals surface area contributed by atoms with Crippen molar-refractivity contribution in [1.82, 2.24) is 40.4 Å². The van der Waals surface area contributed by atoms with Crippen molar-refractivity contribution in [2.45, 2.75) is 6.54 Å². The standard InChI is InChI=1S/C16H11Cl2N9O/c17-11-5-3-6-12(15(11)18)20-14(28)8-27-22-16(21-24-27)10-4-1-2-7-13(10)26-9-19-23-25-26/h1-7,9H,8H2,(H,20,28). The van der Waals surface area contributed by atoms with Crippen LogP contribution in [0.15, 0.2) is 48.8 Å². The van der Waals surface area contributed by atoms with Crippen LogP contribution in [0.5, 0.6) is 0 Å². The van der Waals surface area contributed by atoms with Gasteiger partial charge in [0.2, 0.25) is 11.7 Å². The van der Waals surface area contributed by atoms with Gasteiger partial charge in [0.05, 0.1) is 21.4 Å². The highest BCUT2D eigenvalue weighted by molar-refractivity contribution is 6.43. The van der Waals surface area contributed by atoms with Gasteiger partial charge in [-0.2, -0.15) is 9.48 Å². The maximum absolute atomic E-state index is 12.3. The normalized spacial score (nSPS) is 10.8. The monoisotopic (exact) mass is 415 g/mol. The van der Waals surface area contributed by atoms with Gasteiger partial charge in [-0.05, 0) is 39.9 Å². The maximum atomic E-state index is 12.3. The largest absolute Gasteiger partial charge is 0.323 e. The summed E-state index contributed by atoms with van der Waals surface area (Å²) in [6, 6.07) is 12.3. The van der Waals surface area contributed by atoms with Crippen molar-refractivity contribution in [2.24, 2.45) is 0 Å². The first-order chi connectivity index (χ1) is 13.6. The number of halogens is 2. The van der Waals surface area contributed by atoms with Gasteiger partial charge in [0.15, 0.2) is 0 Å². The lowest BCUT2D eigenvalue weighted by molar-refractivity contribution is -0.117. The van der Waals surface area contributed by atoms with Gasteiger partial charge in [-0.15, -0.1) is 15.3 Å². The van der Waals surface area contributed by atoms with E-state index in [-0.39, 0.29) is 17.5 Å². The Morgan fingerprint density at radius 3 is 2.75 bits per heavy atom. The number of nitrogens with one attached hydrogen (secondary N) is 1. The van der Waals surface area contributed by atoms with E-state index in [2.05, 4.69) is 36.3 Å². The summed E-state index contributed by atoms with van der Waals surface area (Å²) >= 11 is 12.0. The van der Waals surface area contributed by atoms with Crippen LogP contribution in [0.3, 0.4) is 0 Å². The van der Waals surface area contributed by atoms with Gasteiger partial charge in [0.25, 0.3) is 0 Å². The lowest BCUT2D eigenvalue weighted by atomic mass is 10.1. The zero-order chi connectivity index (χ0) is 19.5. The highest BCUT2D eigenvalue weighted by atomic mass is 35.5. The van der Waals surface area contributed by atoms with Crippen LogP contribution in [0, 0.1) is 0 Å². The molecule has 4 rings (SSSR count). The number of amides is 1. The Balaban J connectivity index is 1.53. The second-order valence-corrected chi connectivity index (χ2v) is 6.35. The average molecular weight is 416 g/mol. The van der Waals surface area contributed by atoms with Crippen molar-refractivity contribution in [3.05, 3.63) is 58.8 Å². The van der Waals surface area contributed by atoms with E-state index in [9.17, 15) is 4.79 Å². The molecule has 0 saturated heterocycles. The molecule has 0 fully saturated rings. The molecule has 0 radical (unpaired) electrons. The van der Waals surface area contributed by atoms with E-state index < -0.39 is 0 Å². The molecule has 0 aliphatic carbocycles. The summed E-state index contributed by atoms with van der Waals surface area (Å²) in [4.78, 5) is 13.5. The summed E-state index contributed by atoms with van der Waals surface area (Å²) in [5, 5.41) is 26.6. The highest BCUT2D eigenvalue weighted by Crippen LogP contribution is 2.29. The zero-order valence-electron chi connectivity index (χ0n) is 14.1. The molecule has 2 aromatic heterocycles. The van der Waals surface area contributed by atoms with Crippen molar-refractivity contribution in [1.29, 1.82) is 0 Å². The molecule has 0 unspecified atom stereocenters. The van der Waals surface area contributed by atoms with Crippen LogP contribution in [0.25, 0.3) is 17.1 Å². The number of rotatable bonds is 5. The molecule has 2 aromatic carbocycles. The van der Waals surface area contributed by atoms with E-state index in [0.29, 0.717) is 27.8 Å². The third-order valence-electron chi connectivity index (χ3n) is 3.70. The fourth-order valence-electron chi connectivity index (χ4n) is 2.47. The number of hydrogen-bond acceptors (Lipinski definition) is 7. The Labute approximate surface area is 168 Å². The van der Waals surface area contributed by atoms with Crippen molar-refractivity contribution < 1.29 is 4.79 Å². The topological polar surface area (TPSA) is 116 Å². The summed E-state index contributed by atoms with van der Waals surface area (Å²) in [5.74, 6) is -0.0402. The molecule has 2 heterocycles. The number of tetrazole rings is 2. The minimum Gasteiger partial charge on any atom is -0.323 e. The Hall–Kier alpha value is -3.37. The molecule has 12 heteroatoms. The minimum absolute atomic E-state index is 0.150. The molecule has 0 aliphatic rings. The number of hydrogen-bond donors (Lipinski definition) is 1. The predicted octanol–water partition coefficient (Wildman–Crippen LogP) is 2.26. The summed E-state index contributed by atoms with van der Waals surface area (Å²) in [7, 11) is 0. The number of nitrogens with zero attached hydrogens (tertiary/aromatic N) is 8. The second-order valence-electron chi connectivity index (χ2n) is 5.56. The van der Waals surface area contributed by atoms with Crippen molar-refractivity contribution in [2.75, 3.05) is 5.32 Å². The van der Waals surface area contributed by atoms with Crippen LogP contribution in [0.4, 0.5) is 5.69 Å². The maximum Gasteiger partial charge on any atom is 0.248 e. The van der Waals surface area contributed by atoms with Gasteiger partial charge in [0, 0.05) is 5.56 Å². The van der Waals surface area contributed by atoms with Gasteiger partial charge >= 0.3 is 0 Å². The van der Waals surface area contributed by atoms with E-state index in [0.717, 1.165) is 0 Å². The Morgan fingerprint density at radius 2 is 1.93 bits per heavy atom. The van der Waals surface area contributed by atoms with Gasteiger partial charge < -0.3 is 5.32 Å². The first-order valence-corrected chi connectivity index (χ1v) is 8.72. The van der Waals surface area contributed by atoms with E-state index in [1.807, 2.05) is 24.3 Å². The highest BCUT2D eigenvalue weighted by Gasteiger charge is 2.15. The summed E-state index contributed by atoms with van der Waals surface area (Å²) in [5.41, 5.74) is 1.75. The van der Waals surface area contributed by atoms with Crippen molar-refractivity contribution in [3.63, 3.8) is 0 Å². The van der Waals surface area contributed by atoms with Crippen LogP contribution < -0.4 is 5.32 Å². The van der Waals surface area contributed by atoms with E-state index in [1.165, 1.54) is 15.8 Å². The summed E-state index contributed by atoms with van der Waals surface area (Å²) in [6.45, 7) is -0.150. The number of carbonyl (C=O) groups is 1. The third kappa shape index (κ3) is 3.68. The Kier molecular flexibility index (Phi) is 4.96. The minimum atomic E-state index is -0.373. The SMILES string of the molecule is O=C(Cn1nnc(-c2ccccc2-n2cnnn2)n1)Nc1cccc(Cl)c1Cl. The quantitative estimate of drug-likeness (QED) is 0.531. The van der Waals surface area contributed by atoms with E-state index in [4.69, 9.17) is 23.2 Å². The Morgan fingerprint density at radius 1 is 1.07 bits per heavy atom. The molecule has 0 aliphatic heterocycles. The molecule has 0 bridgehead atoms. The molecule has 0 spiro atoms. The van der Waals surface area contributed by atoms with E-state index >= 15 is 0 Å². The molecule has 1 amide bonds. The van der Waals surface area contributed by atoms with Crippen molar-refractivity contribution >= 4 is 34.8 Å². The van der Waals surface area contributed by atoms with Gasteiger partial charge in [-0.3, -0.25) is 4.79 Å². The smallest absolute Gasteiger partial charge is 0.248 e. The fourth-order valence-corrected chi connectivity index (χ4v) is 2.82. The molecule has 28 heavy (non-hydrogen) atoms. The fraction of sp³-hybridized carbons (Fsp3) is 0.0625. The average Bonchev–Trinajstić information content (AvgIpc) is 3.37. The lowest BCUT2D eigenvalue weighted by Crippen LogP contribution is -2.20. The van der Waals surface area contributed by atoms with Gasteiger partial charge in [0.1, 0.15) is 12.9 Å². The molecule has 0 saturated carbocycles. The first-order valence-electron chi connectivity index (χ1n) is 7.96. The number of para-hydroxylation sites is 1. The number of carbonyl (C=O) groups excluding carboxylic acids is 1. The predicted molar refractivity (Wildman–Crippen MR) is 101 cm³/mol. The van der Waals surface area contributed by atoms with Crippen LogP contribution in [0.2, 0.25) is 10.0 Å². The number of benzene rings is 2. The van der Waals surface area contributed by atoms with Gasteiger partial charge in [-0.1, -0.05) is 41.4 Å². The Bertz CT molecular complexity index is 1130. The van der Waals surface area contributed by atoms with Crippen LogP contribution in [-0.2, 0) is 11.3 Å². The summed E-state index contributed by atoms with van der Waals surface area (Å²) < 4.78 is 1.49. The van der Waals surface area contributed by atoms with E-state index in [1.54, 1.807) is 18.2 Å².